The highest BCUT2D eigenvalue weighted by molar-refractivity contribution is 5.92. The van der Waals surface area contributed by atoms with Gasteiger partial charge in [0.15, 0.2) is 0 Å². The molecular formula is C18H20F3N5O. The lowest BCUT2D eigenvalue weighted by Crippen LogP contribution is -2.32. The van der Waals surface area contributed by atoms with Crippen molar-refractivity contribution >= 4 is 22.6 Å². The van der Waals surface area contributed by atoms with Crippen LogP contribution in [0.2, 0.25) is 0 Å². The summed E-state index contributed by atoms with van der Waals surface area (Å²) in [6, 6.07) is 3.78. The van der Waals surface area contributed by atoms with Crippen LogP contribution < -0.4 is 5.32 Å². The van der Waals surface area contributed by atoms with Gasteiger partial charge in [0.2, 0.25) is 5.91 Å². The Bertz CT molecular complexity index is 870. The first-order valence-electron chi connectivity index (χ1n) is 8.79. The predicted molar refractivity (Wildman–Crippen MR) is 93.9 cm³/mol. The van der Waals surface area contributed by atoms with Gasteiger partial charge in [0.05, 0.1) is 17.7 Å². The SMILES string of the molecule is CC[C@@H]1CN(C(=O)CCC(F)(F)F)C[C@@H]1Nc1c(C#N)cnc2[nH]ccc12. The molecule has 1 amide bonds. The summed E-state index contributed by atoms with van der Waals surface area (Å²) in [7, 11) is 0. The van der Waals surface area contributed by atoms with E-state index in [4.69, 9.17) is 0 Å². The monoisotopic (exact) mass is 379 g/mol. The fraction of sp³-hybridized carbons (Fsp3) is 0.500. The number of anilines is 1. The fourth-order valence-electron chi connectivity index (χ4n) is 3.49. The third-order valence-corrected chi connectivity index (χ3v) is 4.98. The Morgan fingerprint density at radius 3 is 2.93 bits per heavy atom. The summed E-state index contributed by atoms with van der Waals surface area (Å²) in [6.45, 7) is 2.70. The van der Waals surface area contributed by atoms with E-state index in [1.807, 2.05) is 13.0 Å². The highest BCUT2D eigenvalue weighted by Crippen LogP contribution is 2.31. The van der Waals surface area contributed by atoms with Crippen LogP contribution in [0.25, 0.3) is 11.0 Å². The van der Waals surface area contributed by atoms with E-state index in [-0.39, 0.29) is 12.0 Å². The Morgan fingerprint density at radius 1 is 1.48 bits per heavy atom. The minimum atomic E-state index is -4.34. The van der Waals surface area contributed by atoms with E-state index in [2.05, 4.69) is 21.4 Å². The first-order chi connectivity index (χ1) is 12.8. The Hall–Kier alpha value is -2.76. The molecule has 27 heavy (non-hydrogen) atoms. The molecule has 2 atom stereocenters. The molecule has 0 saturated carbocycles. The first kappa shape index (κ1) is 19.0. The zero-order chi connectivity index (χ0) is 19.6. The zero-order valence-corrected chi connectivity index (χ0v) is 14.8. The molecule has 2 aromatic rings. The van der Waals surface area contributed by atoms with Gasteiger partial charge in [-0.2, -0.15) is 18.4 Å². The number of nitrogens with one attached hydrogen (secondary N) is 2. The van der Waals surface area contributed by atoms with Crippen molar-refractivity contribution < 1.29 is 18.0 Å². The number of alkyl halides is 3. The Morgan fingerprint density at radius 2 is 2.26 bits per heavy atom. The van der Waals surface area contributed by atoms with Gasteiger partial charge in [-0.1, -0.05) is 6.92 Å². The summed E-state index contributed by atoms with van der Waals surface area (Å²) >= 11 is 0. The molecule has 6 nitrogen and oxygen atoms in total. The lowest BCUT2D eigenvalue weighted by Gasteiger charge is -2.21. The molecule has 144 valence electrons. The summed E-state index contributed by atoms with van der Waals surface area (Å²) in [5.74, 6) is -0.398. The van der Waals surface area contributed by atoms with E-state index in [0.717, 1.165) is 11.8 Å². The standard InChI is InChI=1S/C18H20F3N5O/c1-2-11-9-26(15(27)3-5-18(19,20)21)10-14(11)25-16-12(7-22)8-24-17-13(16)4-6-23-17/h4,6,8,11,14H,2-3,5,9-10H2,1H3,(H2,23,24,25)/t11-,14+/m1/s1. The van der Waals surface area contributed by atoms with Gasteiger partial charge in [-0.25, -0.2) is 4.98 Å². The van der Waals surface area contributed by atoms with Crippen molar-refractivity contribution in [1.29, 1.82) is 5.26 Å². The number of fused-ring (bicyclic) bond motifs is 1. The number of carbonyl (C=O) groups excluding carboxylic acids is 1. The Labute approximate surface area is 154 Å². The van der Waals surface area contributed by atoms with Crippen LogP contribution in [0.5, 0.6) is 0 Å². The normalized spacial score (nSPS) is 20.0. The predicted octanol–water partition coefficient (Wildman–Crippen LogP) is 3.43. The number of hydrogen-bond donors (Lipinski definition) is 2. The summed E-state index contributed by atoms with van der Waals surface area (Å²) < 4.78 is 37.2. The summed E-state index contributed by atoms with van der Waals surface area (Å²) in [6.07, 6.45) is -2.01. The van der Waals surface area contributed by atoms with Crippen molar-refractivity contribution in [2.24, 2.45) is 5.92 Å². The number of aromatic nitrogens is 2. The lowest BCUT2D eigenvalue weighted by atomic mass is 10.00. The molecule has 0 aliphatic carbocycles. The highest BCUT2D eigenvalue weighted by Gasteiger charge is 2.36. The van der Waals surface area contributed by atoms with Gasteiger partial charge in [0, 0.05) is 43.3 Å². The second kappa shape index (κ2) is 7.47. The van der Waals surface area contributed by atoms with Gasteiger partial charge >= 0.3 is 6.18 Å². The van der Waals surface area contributed by atoms with Gasteiger partial charge in [-0.05, 0) is 18.4 Å². The molecule has 2 N–H and O–H groups in total. The maximum Gasteiger partial charge on any atom is 0.389 e. The number of pyridine rings is 1. The minimum Gasteiger partial charge on any atom is -0.378 e. The molecule has 2 aromatic heterocycles. The number of likely N-dealkylation sites (tertiary alicyclic amines) is 1. The quantitative estimate of drug-likeness (QED) is 0.834. The molecule has 0 bridgehead atoms. The van der Waals surface area contributed by atoms with E-state index in [1.165, 1.54) is 11.1 Å². The topological polar surface area (TPSA) is 84.8 Å². The van der Waals surface area contributed by atoms with E-state index in [1.54, 1.807) is 6.20 Å². The molecule has 1 saturated heterocycles. The van der Waals surface area contributed by atoms with Crippen molar-refractivity contribution in [3.8, 4) is 6.07 Å². The van der Waals surface area contributed by atoms with Crippen LogP contribution in [0.3, 0.4) is 0 Å². The molecule has 0 spiro atoms. The third kappa shape index (κ3) is 4.15. The van der Waals surface area contributed by atoms with E-state index < -0.39 is 24.9 Å². The number of hydrogen-bond acceptors (Lipinski definition) is 4. The number of amides is 1. The summed E-state index contributed by atoms with van der Waals surface area (Å²) in [4.78, 5) is 20.8. The number of rotatable bonds is 5. The summed E-state index contributed by atoms with van der Waals surface area (Å²) in [5.41, 5.74) is 1.66. The molecule has 3 heterocycles. The molecule has 1 aliphatic heterocycles. The molecular weight excluding hydrogens is 359 g/mol. The maximum absolute atomic E-state index is 12.4. The van der Waals surface area contributed by atoms with E-state index in [0.29, 0.717) is 30.0 Å². The van der Waals surface area contributed by atoms with Crippen molar-refractivity contribution in [2.75, 3.05) is 18.4 Å². The molecule has 1 fully saturated rings. The fourth-order valence-corrected chi connectivity index (χ4v) is 3.49. The van der Waals surface area contributed by atoms with E-state index >= 15 is 0 Å². The number of aromatic amines is 1. The molecule has 9 heteroatoms. The van der Waals surface area contributed by atoms with E-state index in [9.17, 15) is 23.2 Å². The maximum atomic E-state index is 12.4. The number of H-pyrrole nitrogens is 1. The second-order valence-electron chi connectivity index (χ2n) is 6.73. The largest absolute Gasteiger partial charge is 0.389 e. The molecule has 0 unspecified atom stereocenters. The third-order valence-electron chi connectivity index (χ3n) is 4.98. The number of nitriles is 1. The summed E-state index contributed by atoms with van der Waals surface area (Å²) in [5, 5.41) is 13.5. The van der Waals surface area contributed by atoms with Gasteiger partial charge in [0.1, 0.15) is 11.7 Å². The Kier molecular flexibility index (Phi) is 5.26. The van der Waals surface area contributed by atoms with Crippen molar-refractivity contribution in [2.45, 2.75) is 38.4 Å². The zero-order valence-electron chi connectivity index (χ0n) is 14.8. The van der Waals surface area contributed by atoms with Crippen molar-refractivity contribution in [3.63, 3.8) is 0 Å². The smallest absolute Gasteiger partial charge is 0.378 e. The molecule has 1 aliphatic rings. The van der Waals surface area contributed by atoms with Crippen LogP contribution in [0.4, 0.5) is 18.9 Å². The van der Waals surface area contributed by atoms with Crippen LogP contribution in [0, 0.1) is 17.2 Å². The number of halogens is 3. The number of carbonyl (C=O) groups is 1. The van der Waals surface area contributed by atoms with Crippen LogP contribution in [0.15, 0.2) is 18.5 Å². The van der Waals surface area contributed by atoms with Gasteiger partial charge in [0.25, 0.3) is 0 Å². The Balaban J connectivity index is 1.76. The van der Waals surface area contributed by atoms with Crippen molar-refractivity contribution in [1.82, 2.24) is 14.9 Å². The highest BCUT2D eigenvalue weighted by atomic mass is 19.4. The van der Waals surface area contributed by atoms with Crippen molar-refractivity contribution in [3.05, 3.63) is 24.0 Å². The minimum absolute atomic E-state index is 0.0912. The van der Waals surface area contributed by atoms with Crippen LogP contribution in [0.1, 0.15) is 31.7 Å². The average molecular weight is 379 g/mol. The van der Waals surface area contributed by atoms with Crippen LogP contribution in [-0.2, 0) is 4.79 Å². The molecule has 0 radical (unpaired) electrons. The number of nitrogens with zero attached hydrogens (tertiary/aromatic N) is 3. The molecule has 0 aromatic carbocycles. The molecule has 3 rings (SSSR count). The van der Waals surface area contributed by atoms with Crippen LogP contribution in [-0.4, -0.2) is 46.1 Å². The second-order valence-corrected chi connectivity index (χ2v) is 6.73. The van der Waals surface area contributed by atoms with Crippen LogP contribution >= 0.6 is 0 Å². The first-order valence-corrected chi connectivity index (χ1v) is 8.79. The van der Waals surface area contributed by atoms with Gasteiger partial charge in [-0.3, -0.25) is 4.79 Å². The average Bonchev–Trinajstić information content (AvgIpc) is 3.26. The van der Waals surface area contributed by atoms with Gasteiger partial charge < -0.3 is 15.2 Å². The lowest BCUT2D eigenvalue weighted by molar-refractivity contribution is -0.148. The van der Waals surface area contributed by atoms with Gasteiger partial charge in [-0.15, -0.1) is 0 Å².